The third-order valence-electron chi connectivity index (χ3n) is 11.3. The number of hydrogen-bond donors (Lipinski definition) is 5. The van der Waals surface area contributed by atoms with Crippen LogP contribution in [0.25, 0.3) is 11.1 Å². The normalized spacial score (nSPS) is 13.5. The molecule has 1 aliphatic rings. The minimum atomic E-state index is -1.05. The van der Waals surface area contributed by atoms with Crippen molar-refractivity contribution in [1.82, 2.24) is 16.0 Å². The molecule has 3 atom stereocenters. The number of alkyl carbamates (subject to hydrolysis) is 2. The van der Waals surface area contributed by atoms with Gasteiger partial charge in [0.05, 0.1) is 34.5 Å². The van der Waals surface area contributed by atoms with Crippen LogP contribution in [0.4, 0.5) is 15.3 Å². The van der Waals surface area contributed by atoms with Gasteiger partial charge in [-0.3, -0.25) is 14.4 Å². The molecule has 16 nitrogen and oxygen atoms in total. The van der Waals surface area contributed by atoms with E-state index in [1.165, 1.54) is 34.5 Å². The Balaban J connectivity index is 1.11. The molecule has 352 valence electrons. The Bertz CT molecular complexity index is 2540. The van der Waals surface area contributed by atoms with E-state index in [1.54, 1.807) is 36.4 Å². The Morgan fingerprint density at radius 2 is 1.30 bits per heavy atom. The van der Waals surface area contributed by atoms with Crippen molar-refractivity contribution in [1.29, 1.82) is 0 Å². The molecule has 0 fully saturated rings. The van der Waals surface area contributed by atoms with Crippen molar-refractivity contribution in [3.05, 3.63) is 147 Å². The third kappa shape index (κ3) is 13.0. The molecule has 16 heteroatoms. The largest absolute Gasteiger partial charge is 0.493 e. The maximum absolute atomic E-state index is 13.8. The first-order chi connectivity index (χ1) is 32.5. The molecule has 0 bridgehead atoms. The number of nitrogens with one attached hydrogen (secondary N) is 4. The highest BCUT2D eigenvalue weighted by molar-refractivity contribution is 5.98. The van der Waals surface area contributed by atoms with Crippen LogP contribution < -0.4 is 51.4 Å². The Morgan fingerprint density at radius 1 is 0.657 bits per heavy atom. The van der Waals surface area contributed by atoms with Crippen molar-refractivity contribution in [2.24, 2.45) is 5.73 Å². The molecule has 0 saturated heterocycles. The van der Waals surface area contributed by atoms with Crippen LogP contribution in [0, 0.1) is 0 Å². The van der Waals surface area contributed by atoms with Crippen LogP contribution in [0.15, 0.2) is 114 Å². The third-order valence-corrected chi connectivity index (χ3v) is 11.3. The molecule has 0 unspecified atom stereocenters. The lowest BCUT2D eigenvalue weighted by atomic mass is 9.95. The molecule has 5 aromatic carbocycles. The Hall–Kier alpha value is -7.59. The van der Waals surface area contributed by atoms with Crippen molar-refractivity contribution < 1.29 is 47.6 Å². The van der Waals surface area contributed by atoms with E-state index >= 15 is 0 Å². The van der Waals surface area contributed by atoms with Gasteiger partial charge < -0.3 is 55.4 Å². The summed E-state index contributed by atoms with van der Waals surface area (Å²) in [5.41, 5.74) is 10.8. The number of aryl methyl sites for hydroxylation is 1. The lowest BCUT2D eigenvalue weighted by molar-refractivity contribution is -0.128. The van der Waals surface area contributed by atoms with Crippen molar-refractivity contribution >= 4 is 29.7 Å². The number of carbonyl (C=O) groups excluding carboxylic acids is 4. The zero-order valence-electron chi connectivity index (χ0n) is 38.1. The van der Waals surface area contributed by atoms with Crippen LogP contribution in [-0.2, 0) is 45.1 Å². The summed E-state index contributed by atoms with van der Waals surface area (Å²) in [6, 6.07) is 29.1. The van der Waals surface area contributed by atoms with E-state index in [0.717, 1.165) is 16.7 Å². The molecule has 6 N–H and O–H groups in total. The summed E-state index contributed by atoms with van der Waals surface area (Å²) in [6.45, 7) is 0.322. The van der Waals surface area contributed by atoms with E-state index in [2.05, 4.69) is 21.3 Å². The summed E-state index contributed by atoms with van der Waals surface area (Å²) in [6.07, 6.45) is 1.05. The van der Waals surface area contributed by atoms with Gasteiger partial charge in [0.1, 0.15) is 25.3 Å². The molecular weight excluding hydrogens is 859 g/mol. The molecule has 0 aromatic heterocycles. The number of carbonyl (C=O) groups is 4. The molecule has 0 aliphatic heterocycles. The second-order valence-electron chi connectivity index (χ2n) is 15.8. The number of hydrogen-bond acceptors (Lipinski definition) is 12. The first-order valence-electron chi connectivity index (χ1n) is 21.9. The molecular formula is C51H57N5O11. The summed E-state index contributed by atoms with van der Waals surface area (Å²) >= 11 is 0. The number of benzene rings is 4. The fraction of sp³-hybridized carbons (Fsp3) is 0.314. The number of methoxy groups -OCH3 is 4. The van der Waals surface area contributed by atoms with Gasteiger partial charge in [-0.15, -0.1) is 0 Å². The molecule has 0 radical (unpaired) electrons. The van der Waals surface area contributed by atoms with Crippen LogP contribution >= 0.6 is 0 Å². The monoisotopic (exact) mass is 915 g/mol. The molecule has 6 rings (SSSR count). The molecule has 0 spiro atoms. The number of rotatable bonds is 20. The topological polar surface area (TPSA) is 215 Å². The first-order valence-corrected chi connectivity index (χ1v) is 21.9. The van der Waals surface area contributed by atoms with Gasteiger partial charge in [0.15, 0.2) is 17.2 Å². The Labute approximate surface area is 389 Å². The van der Waals surface area contributed by atoms with E-state index in [4.69, 9.17) is 34.2 Å². The van der Waals surface area contributed by atoms with Gasteiger partial charge in [-0.2, -0.15) is 0 Å². The lowest BCUT2D eigenvalue weighted by Crippen LogP contribution is -2.53. The van der Waals surface area contributed by atoms with Gasteiger partial charge >= 0.3 is 12.2 Å². The van der Waals surface area contributed by atoms with E-state index in [9.17, 15) is 24.0 Å². The number of amides is 4. The highest BCUT2D eigenvalue weighted by Gasteiger charge is 2.31. The minimum absolute atomic E-state index is 0.0167. The summed E-state index contributed by atoms with van der Waals surface area (Å²) < 4.78 is 33.6. The number of fused-ring (bicyclic) bond motifs is 3. The number of unbranched alkanes of at least 4 members (excludes halogenated alkanes) is 1. The molecule has 4 amide bonds. The summed E-state index contributed by atoms with van der Waals surface area (Å²) in [7, 11) is 5.99. The van der Waals surface area contributed by atoms with Gasteiger partial charge in [-0.25, -0.2) is 9.59 Å². The highest BCUT2D eigenvalue weighted by Crippen LogP contribution is 2.50. The Morgan fingerprint density at radius 3 is 1.94 bits per heavy atom. The smallest absolute Gasteiger partial charge is 0.408 e. The van der Waals surface area contributed by atoms with Crippen molar-refractivity contribution in [3.8, 4) is 34.1 Å². The SMILES string of the molecule is COc1cc2c(c(OC)c1OC)-c1ccc(OC)c(=O)cc1[C@@H](NC(=O)OCc1ccc(NC(=O)[C@H](CCCCN)NC(=O)[C@H](Cc3ccccc3)NC(=O)OCc3ccccc3)cc1)CC2. The van der Waals surface area contributed by atoms with Crippen molar-refractivity contribution in [3.63, 3.8) is 0 Å². The fourth-order valence-electron chi connectivity index (χ4n) is 7.86. The quantitative estimate of drug-likeness (QED) is 0.0513. The van der Waals surface area contributed by atoms with Gasteiger partial charge in [0, 0.05) is 17.7 Å². The molecule has 67 heavy (non-hydrogen) atoms. The van der Waals surface area contributed by atoms with Crippen molar-refractivity contribution in [2.45, 2.75) is 69.9 Å². The zero-order valence-corrected chi connectivity index (χ0v) is 38.1. The van der Waals surface area contributed by atoms with E-state index in [-0.39, 0.29) is 30.8 Å². The second-order valence-corrected chi connectivity index (χ2v) is 15.8. The zero-order chi connectivity index (χ0) is 47.7. The maximum Gasteiger partial charge on any atom is 0.408 e. The number of anilines is 1. The van der Waals surface area contributed by atoms with Crippen LogP contribution in [0.2, 0.25) is 0 Å². The van der Waals surface area contributed by atoms with Crippen LogP contribution in [-0.4, -0.2) is 71.1 Å². The average Bonchev–Trinajstić information content (AvgIpc) is 3.59. The second kappa shape index (κ2) is 24.1. The summed E-state index contributed by atoms with van der Waals surface area (Å²) in [5, 5.41) is 11.4. The van der Waals surface area contributed by atoms with E-state index in [1.807, 2.05) is 66.7 Å². The van der Waals surface area contributed by atoms with Crippen LogP contribution in [0.1, 0.15) is 59.5 Å². The predicted octanol–water partition coefficient (Wildman–Crippen LogP) is 6.75. The van der Waals surface area contributed by atoms with E-state index < -0.39 is 42.1 Å². The van der Waals surface area contributed by atoms with Gasteiger partial charge in [0.25, 0.3) is 0 Å². The molecule has 5 aromatic rings. The average molecular weight is 916 g/mol. The number of nitrogens with two attached hydrogens (primary N) is 1. The molecule has 1 aliphatic carbocycles. The van der Waals surface area contributed by atoms with Crippen molar-refractivity contribution in [2.75, 3.05) is 40.3 Å². The van der Waals surface area contributed by atoms with Crippen LogP contribution in [0.5, 0.6) is 23.0 Å². The Kier molecular flexibility index (Phi) is 17.6. The molecule has 0 heterocycles. The minimum Gasteiger partial charge on any atom is -0.493 e. The van der Waals surface area contributed by atoms with E-state index in [0.29, 0.717) is 83.8 Å². The lowest BCUT2D eigenvalue weighted by Gasteiger charge is -2.23. The fourth-order valence-corrected chi connectivity index (χ4v) is 7.86. The van der Waals surface area contributed by atoms with Gasteiger partial charge in [0.2, 0.25) is 23.0 Å². The maximum atomic E-state index is 13.8. The highest BCUT2D eigenvalue weighted by atomic mass is 16.6. The van der Waals surface area contributed by atoms with Gasteiger partial charge in [-0.05, 0) is 102 Å². The van der Waals surface area contributed by atoms with Gasteiger partial charge in [-0.1, -0.05) is 78.9 Å². The van der Waals surface area contributed by atoms with Crippen LogP contribution in [0.3, 0.4) is 0 Å². The predicted molar refractivity (Wildman–Crippen MR) is 252 cm³/mol. The first kappa shape index (κ1) is 48.9. The summed E-state index contributed by atoms with van der Waals surface area (Å²) in [5.74, 6) is 0.385. The molecule has 0 saturated carbocycles. The number of ether oxygens (including phenoxy) is 6. The summed E-state index contributed by atoms with van der Waals surface area (Å²) in [4.78, 5) is 67.3. The standard InChI is InChI=1S/C51H57N5O11/c1-62-43-25-23-37-38(29-42(43)57)39(24-20-35-28-44(63-2)46(64-3)47(65-4)45(35)37)55-50(60)67-31-34-18-21-36(22-19-34)53-48(58)40(17-11-12-26-52)54-49(59)41(27-32-13-7-5-8-14-32)56-51(61)66-30-33-15-9-6-10-16-33/h5-10,13-16,18-19,21-23,25,28-29,39-41H,11-12,17,20,24,26-27,30-31,52H2,1-4H3,(H,53,58)(H,54,59)(H,55,60)(H,56,61)/t39-,40-,41-/m0/s1.